The van der Waals surface area contributed by atoms with Crippen LogP contribution in [0.1, 0.15) is 28.9 Å². The van der Waals surface area contributed by atoms with E-state index in [0.717, 1.165) is 11.3 Å². The first kappa shape index (κ1) is 18.8. The van der Waals surface area contributed by atoms with Gasteiger partial charge in [0.15, 0.2) is 0 Å². The molecule has 0 radical (unpaired) electrons. The van der Waals surface area contributed by atoms with Crippen molar-refractivity contribution in [2.24, 2.45) is 5.92 Å². The molecule has 0 saturated carbocycles. The smallest absolute Gasteiger partial charge is 0.272 e. The number of amides is 2. The number of piperidine rings is 1. The highest BCUT2D eigenvalue weighted by Crippen LogP contribution is 2.19. The SMILES string of the molecule is Cc1cnccc1NCCNC(=O)C1CCN(C(=O)c2ccccn2)CC1. The second kappa shape index (κ2) is 9.12. The van der Waals surface area contributed by atoms with Crippen molar-refractivity contribution < 1.29 is 9.59 Å². The van der Waals surface area contributed by atoms with Crippen LogP contribution in [0.3, 0.4) is 0 Å². The molecule has 2 aromatic heterocycles. The standard InChI is InChI=1S/C20H25N5O2/c1-15-14-21-9-5-17(15)23-10-11-24-19(26)16-6-12-25(13-7-16)20(27)18-4-2-3-8-22-18/h2-5,8-9,14,16H,6-7,10-13H2,1H3,(H,21,23)(H,24,26). The predicted octanol–water partition coefficient (Wildman–Crippen LogP) is 1.87. The van der Waals surface area contributed by atoms with Crippen LogP contribution in [0.5, 0.6) is 0 Å². The van der Waals surface area contributed by atoms with Crippen molar-refractivity contribution in [2.45, 2.75) is 19.8 Å². The van der Waals surface area contributed by atoms with E-state index in [0.29, 0.717) is 44.7 Å². The second-order valence-corrected chi connectivity index (χ2v) is 6.69. The summed E-state index contributed by atoms with van der Waals surface area (Å²) in [5.41, 5.74) is 2.56. The molecule has 0 aliphatic carbocycles. The molecule has 142 valence electrons. The third-order valence-electron chi connectivity index (χ3n) is 4.80. The van der Waals surface area contributed by atoms with E-state index in [4.69, 9.17) is 0 Å². The topological polar surface area (TPSA) is 87.2 Å². The summed E-state index contributed by atoms with van der Waals surface area (Å²) in [6, 6.07) is 7.24. The zero-order valence-electron chi connectivity index (χ0n) is 15.5. The van der Waals surface area contributed by atoms with E-state index in [-0.39, 0.29) is 17.7 Å². The van der Waals surface area contributed by atoms with Gasteiger partial charge in [0.1, 0.15) is 5.69 Å². The van der Waals surface area contributed by atoms with Crippen LogP contribution in [0.2, 0.25) is 0 Å². The van der Waals surface area contributed by atoms with Crippen LogP contribution in [0.25, 0.3) is 0 Å². The highest BCUT2D eigenvalue weighted by molar-refractivity contribution is 5.92. The van der Waals surface area contributed by atoms with Gasteiger partial charge in [-0.15, -0.1) is 0 Å². The van der Waals surface area contributed by atoms with Gasteiger partial charge in [0.2, 0.25) is 5.91 Å². The summed E-state index contributed by atoms with van der Waals surface area (Å²) in [6.45, 7) is 4.39. The third-order valence-corrected chi connectivity index (χ3v) is 4.80. The van der Waals surface area contributed by atoms with Crippen LogP contribution in [-0.2, 0) is 4.79 Å². The molecule has 27 heavy (non-hydrogen) atoms. The quantitative estimate of drug-likeness (QED) is 0.761. The number of carbonyl (C=O) groups excluding carboxylic acids is 2. The van der Waals surface area contributed by atoms with Gasteiger partial charge in [-0.1, -0.05) is 6.07 Å². The maximum Gasteiger partial charge on any atom is 0.272 e. The molecule has 0 aromatic carbocycles. The van der Waals surface area contributed by atoms with E-state index >= 15 is 0 Å². The summed E-state index contributed by atoms with van der Waals surface area (Å²) >= 11 is 0. The minimum atomic E-state index is -0.0635. The summed E-state index contributed by atoms with van der Waals surface area (Å²) in [5, 5.41) is 6.28. The molecule has 7 nitrogen and oxygen atoms in total. The van der Waals surface area contributed by atoms with Crippen molar-refractivity contribution in [2.75, 3.05) is 31.5 Å². The summed E-state index contributed by atoms with van der Waals surface area (Å²) in [7, 11) is 0. The lowest BCUT2D eigenvalue weighted by Gasteiger charge is -2.31. The van der Waals surface area contributed by atoms with E-state index < -0.39 is 0 Å². The number of nitrogens with zero attached hydrogens (tertiary/aromatic N) is 3. The Balaban J connectivity index is 1.38. The van der Waals surface area contributed by atoms with Gasteiger partial charge in [-0.2, -0.15) is 0 Å². The minimum absolute atomic E-state index is 0.0413. The average Bonchev–Trinajstić information content (AvgIpc) is 2.72. The lowest BCUT2D eigenvalue weighted by molar-refractivity contribution is -0.126. The highest BCUT2D eigenvalue weighted by atomic mass is 16.2. The molecule has 2 amide bonds. The van der Waals surface area contributed by atoms with Crippen LogP contribution in [0.4, 0.5) is 5.69 Å². The van der Waals surface area contributed by atoms with Crippen molar-refractivity contribution in [3.63, 3.8) is 0 Å². The largest absolute Gasteiger partial charge is 0.383 e. The zero-order chi connectivity index (χ0) is 19.1. The summed E-state index contributed by atoms with van der Waals surface area (Å²) < 4.78 is 0. The Hall–Kier alpha value is -2.96. The Morgan fingerprint density at radius 1 is 1.15 bits per heavy atom. The molecule has 2 aromatic rings. The number of anilines is 1. The average molecular weight is 367 g/mol. The van der Waals surface area contributed by atoms with Crippen molar-refractivity contribution in [1.82, 2.24) is 20.2 Å². The van der Waals surface area contributed by atoms with Crippen molar-refractivity contribution >= 4 is 17.5 Å². The summed E-state index contributed by atoms with van der Waals surface area (Å²) in [4.78, 5) is 34.7. The van der Waals surface area contributed by atoms with Gasteiger partial charge in [0, 0.05) is 56.4 Å². The Labute approximate surface area is 159 Å². The van der Waals surface area contributed by atoms with Gasteiger partial charge >= 0.3 is 0 Å². The van der Waals surface area contributed by atoms with Crippen LogP contribution < -0.4 is 10.6 Å². The second-order valence-electron chi connectivity index (χ2n) is 6.69. The van der Waals surface area contributed by atoms with Crippen LogP contribution in [0, 0.1) is 12.8 Å². The molecule has 3 heterocycles. The normalized spacial score (nSPS) is 14.6. The maximum atomic E-state index is 12.4. The van der Waals surface area contributed by atoms with Gasteiger partial charge in [0.25, 0.3) is 5.91 Å². The number of hydrogen-bond acceptors (Lipinski definition) is 5. The first-order valence-corrected chi connectivity index (χ1v) is 9.27. The van der Waals surface area contributed by atoms with E-state index in [1.807, 2.05) is 19.1 Å². The fourth-order valence-electron chi connectivity index (χ4n) is 3.19. The molecule has 3 rings (SSSR count). The van der Waals surface area contributed by atoms with E-state index in [2.05, 4.69) is 20.6 Å². The molecule has 1 aliphatic heterocycles. The van der Waals surface area contributed by atoms with Gasteiger partial charge in [0.05, 0.1) is 0 Å². The molecular weight excluding hydrogens is 342 g/mol. The summed E-state index contributed by atoms with van der Waals surface area (Å²) in [6.07, 6.45) is 6.53. The molecule has 0 atom stereocenters. The van der Waals surface area contributed by atoms with Crippen LogP contribution >= 0.6 is 0 Å². The van der Waals surface area contributed by atoms with Gasteiger partial charge in [-0.3, -0.25) is 19.6 Å². The van der Waals surface area contributed by atoms with Crippen molar-refractivity contribution in [3.05, 3.63) is 54.1 Å². The number of pyridine rings is 2. The molecule has 1 fully saturated rings. The van der Waals surface area contributed by atoms with E-state index in [1.165, 1.54) is 0 Å². The molecular formula is C20H25N5O2. The minimum Gasteiger partial charge on any atom is -0.383 e. The molecule has 1 saturated heterocycles. The Morgan fingerprint density at radius 2 is 1.96 bits per heavy atom. The first-order valence-electron chi connectivity index (χ1n) is 9.27. The first-order chi connectivity index (χ1) is 13.1. The highest BCUT2D eigenvalue weighted by Gasteiger charge is 2.27. The van der Waals surface area contributed by atoms with Gasteiger partial charge < -0.3 is 15.5 Å². The number of aromatic nitrogens is 2. The van der Waals surface area contributed by atoms with Gasteiger partial charge in [-0.25, -0.2) is 0 Å². The molecule has 2 N–H and O–H groups in total. The number of rotatable bonds is 6. The molecule has 0 spiro atoms. The van der Waals surface area contributed by atoms with Gasteiger partial charge in [-0.05, 0) is 43.5 Å². The third kappa shape index (κ3) is 5.03. The van der Waals surface area contributed by atoms with Crippen LogP contribution in [-0.4, -0.2) is 52.9 Å². The summed E-state index contributed by atoms with van der Waals surface area (Å²) in [5.74, 6) is -0.0417. The number of aryl methyl sites for hydroxylation is 1. The van der Waals surface area contributed by atoms with Crippen molar-refractivity contribution in [3.8, 4) is 0 Å². The lowest BCUT2D eigenvalue weighted by Crippen LogP contribution is -2.43. The zero-order valence-corrected chi connectivity index (χ0v) is 15.5. The Kier molecular flexibility index (Phi) is 6.35. The Morgan fingerprint density at radius 3 is 2.67 bits per heavy atom. The Bertz CT molecular complexity index is 773. The molecule has 0 bridgehead atoms. The lowest BCUT2D eigenvalue weighted by atomic mass is 9.95. The maximum absolute atomic E-state index is 12.4. The number of carbonyl (C=O) groups is 2. The monoisotopic (exact) mass is 367 g/mol. The fourth-order valence-corrected chi connectivity index (χ4v) is 3.19. The number of likely N-dealkylation sites (tertiary alicyclic amines) is 1. The van der Waals surface area contributed by atoms with E-state index in [1.54, 1.807) is 35.6 Å². The fraction of sp³-hybridized carbons (Fsp3) is 0.400. The van der Waals surface area contributed by atoms with Crippen molar-refractivity contribution in [1.29, 1.82) is 0 Å². The molecule has 1 aliphatic rings. The molecule has 7 heteroatoms. The molecule has 0 unspecified atom stereocenters. The number of hydrogen-bond donors (Lipinski definition) is 2. The number of nitrogens with one attached hydrogen (secondary N) is 2. The van der Waals surface area contributed by atoms with E-state index in [9.17, 15) is 9.59 Å². The predicted molar refractivity (Wildman–Crippen MR) is 103 cm³/mol. The van der Waals surface area contributed by atoms with Crippen LogP contribution in [0.15, 0.2) is 42.9 Å².